The molecule has 0 aromatic rings. The third kappa shape index (κ3) is 3.23. The first kappa shape index (κ1) is 11.4. The van der Waals surface area contributed by atoms with Gasteiger partial charge in [0.25, 0.3) is 0 Å². The molecule has 2 nitrogen and oxygen atoms in total. The Hall–Kier alpha value is -0.550. The van der Waals surface area contributed by atoms with Crippen LogP contribution >= 0.6 is 11.6 Å². The van der Waals surface area contributed by atoms with Crippen molar-refractivity contribution >= 4 is 16.8 Å². The van der Waals surface area contributed by atoms with Gasteiger partial charge in [-0.05, 0) is 31.9 Å². The number of rotatable bonds is 3. The van der Waals surface area contributed by atoms with Gasteiger partial charge in [0.15, 0.2) is 0 Å². The first-order valence-electron chi connectivity index (χ1n) is 3.82. The van der Waals surface area contributed by atoms with Crippen LogP contribution in [0.25, 0.3) is 0 Å². The predicted molar refractivity (Wildman–Crippen MR) is 48.7 cm³/mol. The van der Waals surface area contributed by atoms with Crippen LogP contribution in [0.15, 0.2) is 0 Å². The van der Waals surface area contributed by atoms with Gasteiger partial charge in [0.1, 0.15) is 0 Å². The van der Waals surface area contributed by atoms with Crippen LogP contribution in [0.2, 0.25) is 0 Å². The monoisotopic (exact) mass is 187 g/mol. The molecule has 0 aromatic carbocycles. The summed E-state index contributed by atoms with van der Waals surface area (Å²) in [4.78, 5) is 10.9. The molecule has 12 heavy (non-hydrogen) atoms. The molecule has 0 amide bonds. The molecule has 0 bridgehead atoms. The smallest absolute Gasteiger partial charge is 0.227 e. The number of carbonyl (C=O) groups is 1. The molecule has 3 heteroatoms. The van der Waals surface area contributed by atoms with E-state index in [2.05, 4.69) is 6.07 Å². The second-order valence-corrected chi connectivity index (χ2v) is 4.67. The molecule has 0 aromatic heterocycles. The van der Waals surface area contributed by atoms with Crippen molar-refractivity contribution < 1.29 is 4.79 Å². The third-order valence-electron chi connectivity index (χ3n) is 1.72. The lowest BCUT2D eigenvalue weighted by Crippen LogP contribution is -2.26. The molecule has 0 fully saturated rings. The van der Waals surface area contributed by atoms with E-state index >= 15 is 0 Å². The van der Waals surface area contributed by atoms with Gasteiger partial charge in [-0.15, -0.1) is 0 Å². The lowest BCUT2D eigenvalue weighted by molar-refractivity contribution is -0.120. The molecule has 0 spiro atoms. The Morgan fingerprint density at radius 1 is 1.42 bits per heavy atom. The molecule has 0 unspecified atom stereocenters. The van der Waals surface area contributed by atoms with Gasteiger partial charge in [0.05, 0.1) is 11.5 Å². The van der Waals surface area contributed by atoms with Gasteiger partial charge in [-0.1, -0.05) is 13.8 Å². The molecule has 0 heterocycles. The maximum atomic E-state index is 10.9. The quantitative estimate of drug-likeness (QED) is 0.638. The van der Waals surface area contributed by atoms with Crippen LogP contribution < -0.4 is 0 Å². The van der Waals surface area contributed by atoms with Crippen molar-refractivity contribution in [2.75, 3.05) is 0 Å². The van der Waals surface area contributed by atoms with Crippen molar-refractivity contribution in [3.63, 3.8) is 0 Å². The molecule has 0 aliphatic rings. The fourth-order valence-electron chi connectivity index (χ4n) is 1.21. The van der Waals surface area contributed by atoms with Crippen LogP contribution in [-0.4, -0.2) is 5.24 Å². The highest BCUT2D eigenvalue weighted by atomic mass is 35.5. The molecule has 0 saturated carbocycles. The average Bonchev–Trinajstić information content (AvgIpc) is 1.85. The number of halogens is 1. The van der Waals surface area contributed by atoms with Crippen molar-refractivity contribution in [3.05, 3.63) is 0 Å². The van der Waals surface area contributed by atoms with Crippen molar-refractivity contribution in [3.8, 4) is 6.07 Å². The van der Waals surface area contributed by atoms with Crippen LogP contribution in [0.4, 0.5) is 0 Å². The summed E-state index contributed by atoms with van der Waals surface area (Å²) in [5.74, 6) is 0. The Kier molecular flexibility index (Phi) is 3.29. The molecule has 0 N–H and O–H groups in total. The lowest BCUT2D eigenvalue weighted by Gasteiger charge is -2.26. The molecule has 0 radical (unpaired) electrons. The lowest BCUT2D eigenvalue weighted by atomic mass is 9.77. The zero-order valence-electron chi connectivity index (χ0n) is 7.94. The van der Waals surface area contributed by atoms with E-state index in [1.807, 2.05) is 0 Å². The summed E-state index contributed by atoms with van der Waals surface area (Å²) in [5.41, 5.74) is -1.10. The summed E-state index contributed by atoms with van der Waals surface area (Å²) in [6, 6.07) is 2.14. The second kappa shape index (κ2) is 3.45. The fourth-order valence-corrected chi connectivity index (χ4v) is 1.28. The Balaban J connectivity index is 4.47. The molecular weight excluding hydrogens is 174 g/mol. The summed E-state index contributed by atoms with van der Waals surface area (Å²) >= 11 is 5.38. The van der Waals surface area contributed by atoms with Gasteiger partial charge < -0.3 is 0 Å². The zero-order valence-corrected chi connectivity index (χ0v) is 8.70. The number of nitriles is 1. The number of hydrogen-bond acceptors (Lipinski definition) is 2. The number of carbonyl (C=O) groups excluding carboxylic acids is 1. The van der Waals surface area contributed by atoms with Crippen molar-refractivity contribution in [2.24, 2.45) is 10.8 Å². The molecule has 0 atom stereocenters. The van der Waals surface area contributed by atoms with Gasteiger partial charge in [-0.2, -0.15) is 5.26 Å². The summed E-state index contributed by atoms with van der Waals surface area (Å²) in [7, 11) is 0. The minimum atomic E-state index is -0.610. The van der Waals surface area contributed by atoms with Gasteiger partial charge in [-0.3, -0.25) is 4.79 Å². The zero-order chi connectivity index (χ0) is 9.99. The number of hydrogen-bond donors (Lipinski definition) is 0. The Bertz CT molecular complexity index is 225. The summed E-state index contributed by atoms with van der Waals surface area (Å²) < 4.78 is 0. The SMILES string of the molecule is CC(C)(C#N)CC(C)(C)C(=O)Cl. The second-order valence-electron chi connectivity index (χ2n) is 4.33. The standard InChI is InChI=1S/C9H14ClNO/c1-8(2,6-11)5-9(3,4)7(10)12/h5H2,1-4H3. The predicted octanol–water partition coefficient (Wildman–Crippen LogP) is 2.72. The van der Waals surface area contributed by atoms with Crippen LogP contribution in [0, 0.1) is 22.2 Å². The van der Waals surface area contributed by atoms with Gasteiger partial charge >= 0.3 is 0 Å². The van der Waals surface area contributed by atoms with Crippen LogP contribution in [0.1, 0.15) is 34.1 Å². The van der Waals surface area contributed by atoms with E-state index in [1.54, 1.807) is 27.7 Å². The Morgan fingerprint density at radius 3 is 2.08 bits per heavy atom. The van der Waals surface area contributed by atoms with Crippen molar-refractivity contribution in [1.82, 2.24) is 0 Å². The van der Waals surface area contributed by atoms with Crippen LogP contribution in [-0.2, 0) is 4.79 Å². The van der Waals surface area contributed by atoms with Gasteiger partial charge in [0.2, 0.25) is 5.24 Å². The molecule has 0 aliphatic carbocycles. The minimum absolute atomic E-state index is 0.383. The highest BCUT2D eigenvalue weighted by Crippen LogP contribution is 2.34. The first-order chi connectivity index (χ1) is 5.21. The molecule has 0 rings (SSSR count). The van der Waals surface area contributed by atoms with Crippen LogP contribution in [0.5, 0.6) is 0 Å². The van der Waals surface area contributed by atoms with Crippen LogP contribution in [0.3, 0.4) is 0 Å². The highest BCUT2D eigenvalue weighted by molar-refractivity contribution is 6.64. The molecule has 0 aliphatic heterocycles. The molecule has 68 valence electrons. The maximum absolute atomic E-state index is 10.9. The largest absolute Gasteiger partial charge is 0.281 e. The minimum Gasteiger partial charge on any atom is -0.281 e. The average molecular weight is 188 g/mol. The normalized spacial score (nSPS) is 12.3. The Morgan fingerprint density at radius 2 is 1.83 bits per heavy atom. The third-order valence-corrected chi connectivity index (χ3v) is 2.23. The number of nitrogens with zero attached hydrogens (tertiary/aromatic N) is 1. The van der Waals surface area contributed by atoms with E-state index in [9.17, 15) is 4.79 Å². The topological polar surface area (TPSA) is 40.9 Å². The van der Waals surface area contributed by atoms with Gasteiger partial charge in [0, 0.05) is 5.41 Å². The van der Waals surface area contributed by atoms with E-state index < -0.39 is 10.8 Å². The fraction of sp³-hybridized carbons (Fsp3) is 0.778. The summed E-state index contributed by atoms with van der Waals surface area (Å²) in [5, 5.41) is 8.35. The Labute approximate surface area is 78.5 Å². The molecular formula is C9H14ClNO. The summed E-state index contributed by atoms with van der Waals surface area (Å²) in [6.45, 7) is 7.10. The summed E-state index contributed by atoms with van der Waals surface area (Å²) in [6.07, 6.45) is 0.485. The van der Waals surface area contributed by atoms with E-state index in [0.29, 0.717) is 6.42 Å². The van der Waals surface area contributed by atoms with E-state index in [-0.39, 0.29) is 5.24 Å². The van der Waals surface area contributed by atoms with E-state index in [4.69, 9.17) is 16.9 Å². The van der Waals surface area contributed by atoms with Gasteiger partial charge in [-0.25, -0.2) is 0 Å². The van der Waals surface area contributed by atoms with E-state index in [1.165, 1.54) is 0 Å². The van der Waals surface area contributed by atoms with Crippen molar-refractivity contribution in [2.45, 2.75) is 34.1 Å². The highest BCUT2D eigenvalue weighted by Gasteiger charge is 2.33. The first-order valence-corrected chi connectivity index (χ1v) is 4.20. The van der Waals surface area contributed by atoms with E-state index in [0.717, 1.165) is 0 Å². The van der Waals surface area contributed by atoms with Crippen molar-refractivity contribution in [1.29, 1.82) is 5.26 Å². The maximum Gasteiger partial charge on any atom is 0.227 e. The molecule has 0 saturated heterocycles.